The summed E-state index contributed by atoms with van der Waals surface area (Å²) in [5.41, 5.74) is 1.27. The maximum absolute atomic E-state index is 12.6. The van der Waals surface area contributed by atoms with Gasteiger partial charge in [0.2, 0.25) is 10.0 Å². The number of rotatable bonds is 8. The van der Waals surface area contributed by atoms with Crippen molar-refractivity contribution in [2.75, 3.05) is 9.44 Å². The summed E-state index contributed by atoms with van der Waals surface area (Å²) in [5, 5.41) is 11.3. The van der Waals surface area contributed by atoms with Gasteiger partial charge in [-0.3, -0.25) is 19.6 Å². The highest BCUT2D eigenvalue weighted by atomic mass is 35.5. The van der Waals surface area contributed by atoms with Crippen molar-refractivity contribution in [1.82, 2.24) is 0 Å². The number of benzene rings is 3. The molecule has 3 aromatic rings. The average Bonchev–Trinajstić information content (AvgIpc) is 2.70. The van der Waals surface area contributed by atoms with Gasteiger partial charge in [-0.05, 0) is 54.4 Å². The van der Waals surface area contributed by atoms with Gasteiger partial charge in [-0.15, -0.1) is 0 Å². The Morgan fingerprint density at radius 2 is 1.56 bits per heavy atom. The van der Waals surface area contributed by atoms with Crippen molar-refractivity contribution in [2.45, 2.75) is 17.6 Å². The third kappa shape index (κ3) is 5.96. The van der Waals surface area contributed by atoms with Crippen LogP contribution in [0, 0.1) is 17.0 Å². The van der Waals surface area contributed by atoms with E-state index in [1.807, 2.05) is 0 Å². The molecule has 2 N–H and O–H groups in total. The van der Waals surface area contributed by atoms with E-state index in [2.05, 4.69) is 9.44 Å². The topological polar surface area (TPSA) is 135 Å². The van der Waals surface area contributed by atoms with Gasteiger partial charge in [0, 0.05) is 22.8 Å². The second-order valence-corrected chi connectivity index (χ2v) is 10.7. The minimum absolute atomic E-state index is 0.0733. The number of nitro groups is 1. The van der Waals surface area contributed by atoms with Crippen LogP contribution in [0.15, 0.2) is 71.6 Å². The summed E-state index contributed by atoms with van der Waals surface area (Å²) in [4.78, 5) is 10.2. The van der Waals surface area contributed by atoms with E-state index in [4.69, 9.17) is 11.6 Å². The summed E-state index contributed by atoms with van der Waals surface area (Å²) in [6.07, 6.45) is 0. The molecule has 0 atom stereocenters. The van der Waals surface area contributed by atoms with Gasteiger partial charge in [-0.2, -0.15) is 0 Å². The lowest BCUT2D eigenvalue weighted by molar-refractivity contribution is -0.384. The fraction of sp³-hybridized carbons (Fsp3) is 0.100. The zero-order valence-corrected chi connectivity index (χ0v) is 19.0. The Hall–Kier alpha value is -3.15. The predicted octanol–water partition coefficient (Wildman–Crippen LogP) is 4.30. The van der Waals surface area contributed by atoms with Crippen LogP contribution >= 0.6 is 11.6 Å². The zero-order valence-electron chi connectivity index (χ0n) is 16.6. The zero-order chi connectivity index (χ0) is 23.5. The largest absolute Gasteiger partial charge is 0.283 e. The second kappa shape index (κ2) is 9.15. The van der Waals surface area contributed by atoms with Gasteiger partial charge in [0.25, 0.3) is 15.7 Å². The van der Waals surface area contributed by atoms with Crippen LogP contribution in [0.5, 0.6) is 0 Å². The molecule has 0 radical (unpaired) electrons. The number of hydrogen-bond acceptors (Lipinski definition) is 6. The SMILES string of the molecule is Cc1ccc(NS(=O)(=O)c2ccc(NS(=O)(=O)Cc3cccc([N+](=O)[O-])c3)cc2)cc1Cl. The van der Waals surface area contributed by atoms with Crippen molar-refractivity contribution in [1.29, 1.82) is 0 Å². The van der Waals surface area contributed by atoms with Crippen molar-refractivity contribution in [2.24, 2.45) is 0 Å². The molecule has 0 saturated carbocycles. The van der Waals surface area contributed by atoms with Crippen molar-refractivity contribution < 1.29 is 21.8 Å². The summed E-state index contributed by atoms with van der Waals surface area (Å²) in [5.74, 6) is -0.482. The van der Waals surface area contributed by atoms with Crippen LogP contribution in [0.25, 0.3) is 0 Å². The first-order valence-corrected chi connectivity index (χ1v) is 12.6. The summed E-state index contributed by atoms with van der Waals surface area (Å²) >= 11 is 6.02. The highest BCUT2D eigenvalue weighted by Crippen LogP contribution is 2.24. The normalized spacial score (nSPS) is 11.7. The maximum Gasteiger partial charge on any atom is 0.269 e. The predicted molar refractivity (Wildman–Crippen MR) is 123 cm³/mol. The molecule has 0 spiro atoms. The Labute approximate surface area is 190 Å². The Balaban J connectivity index is 1.72. The lowest BCUT2D eigenvalue weighted by Gasteiger charge is -2.11. The molecule has 0 unspecified atom stereocenters. The van der Waals surface area contributed by atoms with E-state index >= 15 is 0 Å². The highest BCUT2D eigenvalue weighted by molar-refractivity contribution is 7.92. The van der Waals surface area contributed by atoms with Crippen LogP contribution in [0.3, 0.4) is 0 Å². The molecular formula is C20H18ClN3O6S2. The number of sulfonamides is 2. The van der Waals surface area contributed by atoms with Crippen LogP contribution in [0.4, 0.5) is 17.1 Å². The first-order valence-electron chi connectivity index (χ1n) is 9.08. The molecule has 3 aromatic carbocycles. The van der Waals surface area contributed by atoms with Gasteiger partial charge in [0.05, 0.1) is 21.3 Å². The van der Waals surface area contributed by atoms with E-state index in [1.54, 1.807) is 19.1 Å². The van der Waals surface area contributed by atoms with Gasteiger partial charge < -0.3 is 0 Å². The van der Waals surface area contributed by atoms with Gasteiger partial charge in [-0.25, -0.2) is 16.8 Å². The molecule has 168 valence electrons. The number of aryl methyl sites for hydroxylation is 1. The Morgan fingerprint density at radius 1 is 0.906 bits per heavy atom. The summed E-state index contributed by atoms with van der Waals surface area (Å²) in [6, 6.07) is 15.2. The van der Waals surface area contributed by atoms with E-state index in [1.165, 1.54) is 54.6 Å². The minimum atomic E-state index is -3.91. The molecular weight excluding hydrogens is 478 g/mol. The monoisotopic (exact) mass is 495 g/mol. The van der Waals surface area contributed by atoms with E-state index in [-0.39, 0.29) is 21.8 Å². The van der Waals surface area contributed by atoms with Crippen LogP contribution in [0.1, 0.15) is 11.1 Å². The average molecular weight is 496 g/mol. The molecule has 0 aliphatic heterocycles. The molecule has 12 heteroatoms. The van der Waals surface area contributed by atoms with E-state index in [0.717, 1.165) is 5.56 Å². The van der Waals surface area contributed by atoms with Gasteiger partial charge >= 0.3 is 0 Å². The number of nitro benzene ring substituents is 1. The number of nitrogens with zero attached hydrogens (tertiary/aromatic N) is 1. The molecule has 0 bridgehead atoms. The molecule has 0 saturated heterocycles. The third-order valence-corrected chi connectivity index (χ3v) is 7.40. The number of halogens is 1. The molecule has 0 aliphatic carbocycles. The lowest BCUT2D eigenvalue weighted by Crippen LogP contribution is -2.16. The molecule has 9 nitrogen and oxygen atoms in total. The highest BCUT2D eigenvalue weighted by Gasteiger charge is 2.17. The number of non-ortho nitro benzene ring substituents is 1. The fourth-order valence-electron chi connectivity index (χ4n) is 2.77. The number of hydrogen-bond donors (Lipinski definition) is 2. The molecule has 0 heterocycles. The first-order chi connectivity index (χ1) is 14.9. The summed E-state index contributed by atoms with van der Waals surface area (Å²) < 4.78 is 54.7. The van der Waals surface area contributed by atoms with Gasteiger partial charge in [0.15, 0.2) is 0 Å². The van der Waals surface area contributed by atoms with Crippen molar-refractivity contribution >= 4 is 48.7 Å². The smallest absolute Gasteiger partial charge is 0.269 e. The number of nitrogens with one attached hydrogen (secondary N) is 2. The van der Waals surface area contributed by atoms with Crippen molar-refractivity contribution in [3.63, 3.8) is 0 Å². The molecule has 3 rings (SSSR count). The second-order valence-electron chi connectivity index (χ2n) is 6.88. The van der Waals surface area contributed by atoms with Gasteiger partial charge in [-0.1, -0.05) is 29.8 Å². The van der Waals surface area contributed by atoms with Crippen molar-refractivity contribution in [3.8, 4) is 0 Å². The molecule has 0 aliphatic rings. The maximum atomic E-state index is 12.6. The fourth-order valence-corrected chi connectivity index (χ4v) is 5.18. The van der Waals surface area contributed by atoms with Crippen LogP contribution < -0.4 is 9.44 Å². The van der Waals surface area contributed by atoms with Crippen molar-refractivity contribution in [3.05, 3.63) is 93.0 Å². The van der Waals surface area contributed by atoms with Crippen LogP contribution in [-0.2, 0) is 25.8 Å². The van der Waals surface area contributed by atoms with E-state index in [9.17, 15) is 26.9 Å². The Morgan fingerprint density at radius 3 is 2.19 bits per heavy atom. The molecule has 0 amide bonds. The van der Waals surface area contributed by atoms with Crippen LogP contribution in [-0.4, -0.2) is 21.8 Å². The Kier molecular flexibility index (Phi) is 6.72. The number of anilines is 2. The summed E-state index contributed by atoms with van der Waals surface area (Å²) in [6.45, 7) is 1.79. The summed E-state index contributed by atoms with van der Waals surface area (Å²) in [7, 11) is -7.80. The molecule has 0 aromatic heterocycles. The van der Waals surface area contributed by atoms with E-state index < -0.39 is 30.7 Å². The third-order valence-electron chi connectivity index (χ3n) is 4.34. The van der Waals surface area contributed by atoms with Crippen LogP contribution in [0.2, 0.25) is 5.02 Å². The standard InChI is InChI=1S/C20H18ClN3O6S2/c1-14-5-6-17(12-20(14)21)23-32(29,30)19-9-7-16(8-10-19)22-31(27,28)13-15-3-2-4-18(11-15)24(25)26/h2-12,22-23H,13H2,1H3. The Bertz CT molecular complexity index is 1370. The molecule has 32 heavy (non-hydrogen) atoms. The van der Waals surface area contributed by atoms with Gasteiger partial charge in [0.1, 0.15) is 0 Å². The molecule has 0 fully saturated rings. The first kappa shape index (κ1) is 23.5. The quantitative estimate of drug-likeness (QED) is 0.353. The minimum Gasteiger partial charge on any atom is -0.283 e. The lowest BCUT2D eigenvalue weighted by atomic mass is 10.2. The van der Waals surface area contributed by atoms with E-state index in [0.29, 0.717) is 10.7 Å².